The molecule has 0 bridgehead atoms. The third-order valence-electron chi connectivity index (χ3n) is 2.87. The zero-order valence-electron chi connectivity index (χ0n) is 12.5. The molecule has 0 radical (unpaired) electrons. The smallest absolute Gasteiger partial charge is 0.0704 e. The molecule has 0 saturated carbocycles. The molecule has 0 amide bonds. The Labute approximate surface area is 112 Å². The van der Waals surface area contributed by atoms with Crippen LogP contribution < -0.4 is 5.32 Å². The lowest BCUT2D eigenvalue weighted by Crippen LogP contribution is -2.48. The molecule has 0 fully saturated rings. The number of hydrogen-bond donors (Lipinski definition) is 2. The van der Waals surface area contributed by atoms with E-state index in [4.69, 9.17) is 9.47 Å². The molecule has 0 aliphatic rings. The molecular weight excluding hydrogens is 230 g/mol. The summed E-state index contributed by atoms with van der Waals surface area (Å²) in [6.45, 7) is 11.4. The van der Waals surface area contributed by atoms with Crippen LogP contribution in [0, 0.1) is 0 Å². The summed E-state index contributed by atoms with van der Waals surface area (Å²) in [5.41, 5.74) is -0.250. The fourth-order valence-electron chi connectivity index (χ4n) is 1.87. The maximum absolute atomic E-state index is 9.46. The highest BCUT2D eigenvalue weighted by Gasteiger charge is 2.25. The Morgan fingerprint density at radius 3 is 2.44 bits per heavy atom. The maximum atomic E-state index is 9.46. The molecule has 0 aliphatic carbocycles. The van der Waals surface area contributed by atoms with E-state index in [1.807, 2.05) is 13.8 Å². The summed E-state index contributed by atoms with van der Waals surface area (Å²) in [6.07, 6.45) is 3.03. The van der Waals surface area contributed by atoms with E-state index in [1.165, 1.54) is 0 Å². The van der Waals surface area contributed by atoms with Crippen molar-refractivity contribution < 1.29 is 14.6 Å². The Bertz CT molecular complexity index is 190. The number of ether oxygens (including phenoxy) is 2. The predicted molar refractivity (Wildman–Crippen MR) is 74.9 cm³/mol. The minimum absolute atomic E-state index is 0.122. The summed E-state index contributed by atoms with van der Waals surface area (Å²) in [5.74, 6) is 0. The molecule has 0 aromatic carbocycles. The number of aliphatic hydroxyl groups is 1. The molecule has 2 atom stereocenters. The fourth-order valence-corrected chi connectivity index (χ4v) is 1.87. The van der Waals surface area contributed by atoms with Gasteiger partial charge < -0.3 is 19.9 Å². The first kappa shape index (κ1) is 17.8. The lowest BCUT2D eigenvalue weighted by molar-refractivity contribution is -0.00680. The van der Waals surface area contributed by atoms with Crippen molar-refractivity contribution >= 4 is 0 Å². The van der Waals surface area contributed by atoms with Gasteiger partial charge in [-0.3, -0.25) is 0 Å². The average molecular weight is 261 g/mol. The van der Waals surface area contributed by atoms with Gasteiger partial charge in [-0.1, -0.05) is 13.8 Å². The molecule has 0 aromatic rings. The minimum atomic E-state index is -0.250. The van der Waals surface area contributed by atoms with E-state index in [1.54, 1.807) is 0 Å². The van der Waals surface area contributed by atoms with Crippen LogP contribution in [0.25, 0.3) is 0 Å². The SMILES string of the molecule is CCCNC(C)(CO)CC(C)OCCOCCC. The zero-order chi connectivity index (χ0) is 13.9. The standard InChI is InChI=1S/C14H31NO3/c1-5-7-15-14(4,12-16)11-13(3)18-10-9-17-8-6-2/h13,15-16H,5-12H2,1-4H3. The largest absolute Gasteiger partial charge is 0.394 e. The van der Waals surface area contributed by atoms with Gasteiger partial charge in [0.2, 0.25) is 0 Å². The van der Waals surface area contributed by atoms with Crippen LogP contribution >= 0.6 is 0 Å². The van der Waals surface area contributed by atoms with Gasteiger partial charge in [0.25, 0.3) is 0 Å². The van der Waals surface area contributed by atoms with Gasteiger partial charge in [0.1, 0.15) is 0 Å². The molecule has 110 valence electrons. The van der Waals surface area contributed by atoms with Crippen LogP contribution in [0.3, 0.4) is 0 Å². The quantitative estimate of drug-likeness (QED) is 0.527. The van der Waals surface area contributed by atoms with Crippen molar-refractivity contribution in [2.24, 2.45) is 0 Å². The normalized spacial score (nSPS) is 16.5. The maximum Gasteiger partial charge on any atom is 0.0704 e. The summed E-state index contributed by atoms with van der Waals surface area (Å²) >= 11 is 0. The van der Waals surface area contributed by atoms with Gasteiger partial charge in [0.15, 0.2) is 0 Å². The highest BCUT2D eigenvalue weighted by molar-refractivity contribution is 4.84. The molecule has 0 spiro atoms. The van der Waals surface area contributed by atoms with Gasteiger partial charge >= 0.3 is 0 Å². The van der Waals surface area contributed by atoms with Crippen LogP contribution in [0.15, 0.2) is 0 Å². The Kier molecular flexibility index (Phi) is 10.6. The third kappa shape index (κ3) is 8.86. The summed E-state index contributed by atoms with van der Waals surface area (Å²) < 4.78 is 11.1. The van der Waals surface area contributed by atoms with Crippen molar-refractivity contribution in [2.75, 3.05) is 33.0 Å². The van der Waals surface area contributed by atoms with Crippen molar-refractivity contribution in [2.45, 2.75) is 58.6 Å². The average Bonchev–Trinajstić information content (AvgIpc) is 2.36. The Hall–Kier alpha value is -0.160. The van der Waals surface area contributed by atoms with E-state index < -0.39 is 0 Å². The molecule has 2 N–H and O–H groups in total. The van der Waals surface area contributed by atoms with E-state index in [2.05, 4.69) is 19.2 Å². The first-order valence-corrected chi connectivity index (χ1v) is 7.13. The molecule has 0 saturated heterocycles. The van der Waals surface area contributed by atoms with Crippen molar-refractivity contribution in [3.05, 3.63) is 0 Å². The molecule has 4 nitrogen and oxygen atoms in total. The van der Waals surface area contributed by atoms with E-state index >= 15 is 0 Å². The van der Waals surface area contributed by atoms with Crippen LogP contribution in [0.2, 0.25) is 0 Å². The molecule has 0 aliphatic heterocycles. The van der Waals surface area contributed by atoms with Crippen LogP contribution in [0.5, 0.6) is 0 Å². The number of rotatable bonds is 12. The molecule has 18 heavy (non-hydrogen) atoms. The van der Waals surface area contributed by atoms with Crippen LogP contribution in [-0.4, -0.2) is 49.7 Å². The van der Waals surface area contributed by atoms with Gasteiger partial charge in [-0.15, -0.1) is 0 Å². The zero-order valence-corrected chi connectivity index (χ0v) is 12.5. The molecule has 2 unspecified atom stereocenters. The number of hydrogen-bond acceptors (Lipinski definition) is 4. The lowest BCUT2D eigenvalue weighted by Gasteiger charge is -2.31. The Morgan fingerprint density at radius 2 is 1.89 bits per heavy atom. The minimum Gasteiger partial charge on any atom is -0.394 e. The summed E-state index contributed by atoms with van der Waals surface area (Å²) in [6, 6.07) is 0. The van der Waals surface area contributed by atoms with Crippen LogP contribution in [0.4, 0.5) is 0 Å². The molecule has 0 rings (SSSR count). The third-order valence-corrected chi connectivity index (χ3v) is 2.87. The van der Waals surface area contributed by atoms with Gasteiger partial charge in [0.05, 0.1) is 25.9 Å². The van der Waals surface area contributed by atoms with Crippen molar-refractivity contribution in [1.29, 1.82) is 0 Å². The van der Waals surface area contributed by atoms with Gasteiger partial charge in [-0.05, 0) is 39.7 Å². The molecule has 0 aromatic heterocycles. The van der Waals surface area contributed by atoms with Crippen LogP contribution in [-0.2, 0) is 9.47 Å². The highest BCUT2D eigenvalue weighted by atomic mass is 16.5. The lowest BCUT2D eigenvalue weighted by atomic mass is 9.95. The first-order chi connectivity index (χ1) is 8.58. The summed E-state index contributed by atoms with van der Waals surface area (Å²) in [4.78, 5) is 0. The summed E-state index contributed by atoms with van der Waals surface area (Å²) in [7, 11) is 0. The van der Waals surface area contributed by atoms with Crippen LogP contribution in [0.1, 0.15) is 47.0 Å². The second kappa shape index (κ2) is 10.7. The van der Waals surface area contributed by atoms with Crippen molar-refractivity contribution in [1.82, 2.24) is 5.32 Å². The van der Waals surface area contributed by atoms with Crippen molar-refractivity contribution in [3.63, 3.8) is 0 Å². The second-order valence-electron chi connectivity index (χ2n) is 5.14. The van der Waals surface area contributed by atoms with E-state index in [9.17, 15) is 5.11 Å². The Balaban J connectivity index is 3.77. The fraction of sp³-hybridized carbons (Fsp3) is 1.00. The second-order valence-corrected chi connectivity index (χ2v) is 5.14. The molecule has 4 heteroatoms. The predicted octanol–water partition coefficient (Wildman–Crippen LogP) is 1.96. The van der Waals surface area contributed by atoms with Gasteiger partial charge in [0, 0.05) is 12.1 Å². The Morgan fingerprint density at radius 1 is 1.17 bits per heavy atom. The van der Waals surface area contributed by atoms with Gasteiger partial charge in [-0.2, -0.15) is 0 Å². The monoisotopic (exact) mass is 261 g/mol. The number of aliphatic hydroxyl groups excluding tert-OH is 1. The summed E-state index contributed by atoms with van der Waals surface area (Å²) in [5, 5.41) is 12.8. The van der Waals surface area contributed by atoms with Crippen molar-refractivity contribution in [3.8, 4) is 0 Å². The topological polar surface area (TPSA) is 50.7 Å². The van der Waals surface area contributed by atoms with E-state index in [0.29, 0.717) is 13.2 Å². The molecular formula is C14H31NO3. The van der Waals surface area contributed by atoms with E-state index in [0.717, 1.165) is 32.4 Å². The van der Waals surface area contributed by atoms with Gasteiger partial charge in [-0.25, -0.2) is 0 Å². The molecule has 0 heterocycles. The number of nitrogens with one attached hydrogen (secondary N) is 1. The highest BCUT2D eigenvalue weighted by Crippen LogP contribution is 2.14. The first-order valence-electron chi connectivity index (χ1n) is 7.13. The van der Waals surface area contributed by atoms with E-state index in [-0.39, 0.29) is 18.2 Å².